The standard InChI is InChI=1S/C15H28N2O4/c1-13(2,11(18)19)14(3,4)16-12(20)17-9-6-7-15(5,21)8-10-17/h21H,6-10H2,1-5H3,(H,16,20)(H,18,19). The van der Waals surface area contributed by atoms with Crippen molar-refractivity contribution in [1.29, 1.82) is 0 Å². The molecule has 122 valence electrons. The Balaban J connectivity index is 2.74. The smallest absolute Gasteiger partial charge is 0.317 e. The lowest BCUT2D eigenvalue weighted by atomic mass is 9.74. The summed E-state index contributed by atoms with van der Waals surface area (Å²) in [5.74, 6) is -0.952. The van der Waals surface area contributed by atoms with E-state index in [2.05, 4.69) is 5.32 Å². The molecule has 1 fully saturated rings. The number of rotatable bonds is 3. The van der Waals surface area contributed by atoms with E-state index in [9.17, 15) is 19.8 Å². The summed E-state index contributed by atoms with van der Waals surface area (Å²) in [6.07, 6.45) is 1.94. The second-order valence-electron chi connectivity index (χ2n) is 7.32. The first kappa shape index (κ1) is 17.8. The first-order valence-corrected chi connectivity index (χ1v) is 7.42. The molecule has 0 radical (unpaired) electrons. The van der Waals surface area contributed by atoms with Gasteiger partial charge in [-0.25, -0.2) is 4.79 Å². The molecular formula is C15H28N2O4. The van der Waals surface area contributed by atoms with Crippen LogP contribution in [0.5, 0.6) is 0 Å². The molecule has 0 saturated carbocycles. The Morgan fingerprint density at radius 3 is 2.24 bits per heavy atom. The molecule has 0 bridgehead atoms. The average Bonchev–Trinajstić information content (AvgIpc) is 2.49. The lowest BCUT2D eigenvalue weighted by molar-refractivity contribution is -0.150. The highest BCUT2D eigenvalue weighted by Gasteiger charge is 2.45. The minimum Gasteiger partial charge on any atom is -0.481 e. The minimum absolute atomic E-state index is 0.271. The van der Waals surface area contributed by atoms with Gasteiger partial charge in [0.05, 0.1) is 16.6 Å². The van der Waals surface area contributed by atoms with E-state index in [0.29, 0.717) is 25.9 Å². The summed E-state index contributed by atoms with van der Waals surface area (Å²) in [7, 11) is 0. The lowest BCUT2D eigenvalue weighted by Crippen LogP contribution is -2.59. The molecule has 0 aromatic heterocycles. The number of hydrogen-bond acceptors (Lipinski definition) is 3. The monoisotopic (exact) mass is 300 g/mol. The van der Waals surface area contributed by atoms with Gasteiger partial charge in [0, 0.05) is 13.1 Å². The average molecular weight is 300 g/mol. The van der Waals surface area contributed by atoms with Crippen LogP contribution in [0.4, 0.5) is 4.79 Å². The lowest BCUT2D eigenvalue weighted by Gasteiger charge is -2.40. The third-order valence-corrected chi connectivity index (χ3v) is 4.87. The van der Waals surface area contributed by atoms with Crippen LogP contribution in [0.2, 0.25) is 0 Å². The van der Waals surface area contributed by atoms with Gasteiger partial charge >= 0.3 is 12.0 Å². The molecule has 6 nitrogen and oxygen atoms in total. The number of amides is 2. The maximum absolute atomic E-state index is 12.4. The number of aliphatic hydroxyl groups is 1. The van der Waals surface area contributed by atoms with Gasteiger partial charge in [-0.15, -0.1) is 0 Å². The number of carboxylic acids is 1. The molecule has 21 heavy (non-hydrogen) atoms. The zero-order chi connectivity index (χ0) is 16.5. The number of nitrogens with zero attached hydrogens (tertiary/aromatic N) is 1. The summed E-state index contributed by atoms with van der Waals surface area (Å²) in [6.45, 7) is 9.46. The van der Waals surface area contributed by atoms with E-state index in [1.807, 2.05) is 0 Å². The number of carbonyl (C=O) groups is 2. The van der Waals surface area contributed by atoms with E-state index < -0.39 is 22.5 Å². The van der Waals surface area contributed by atoms with Crippen molar-refractivity contribution in [2.45, 2.75) is 65.0 Å². The fraction of sp³-hybridized carbons (Fsp3) is 0.867. The first-order chi connectivity index (χ1) is 9.39. The van der Waals surface area contributed by atoms with Crippen LogP contribution in [-0.4, -0.2) is 51.3 Å². The van der Waals surface area contributed by atoms with Crippen molar-refractivity contribution in [2.75, 3.05) is 13.1 Å². The zero-order valence-corrected chi connectivity index (χ0v) is 13.7. The molecular weight excluding hydrogens is 272 g/mol. The summed E-state index contributed by atoms with van der Waals surface area (Å²) in [4.78, 5) is 25.4. The molecule has 1 heterocycles. The molecule has 1 atom stereocenters. The van der Waals surface area contributed by atoms with Gasteiger partial charge in [0.25, 0.3) is 0 Å². The fourth-order valence-electron chi connectivity index (χ4n) is 2.24. The Kier molecular flexibility index (Phi) is 4.93. The summed E-state index contributed by atoms with van der Waals surface area (Å²) < 4.78 is 0. The van der Waals surface area contributed by atoms with Gasteiger partial charge in [-0.2, -0.15) is 0 Å². The van der Waals surface area contributed by atoms with E-state index in [4.69, 9.17) is 0 Å². The molecule has 1 unspecified atom stereocenters. The van der Waals surface area contributed by atoms with Crippen molar-refractivity contribution in [3.63, 3.8) is 0 Å². The normalized spacial score (nSPS) is 24.4. The van der Waals surface area contributed by atoms with Crippen LogP contribution in [0.15, 0.2) is 0 Å². The molecule has 1 aliphatic heterocycles. The van der Waals surface area contributed by atoms with Crippen LogP contribution in [-0.2, 0) is 4.79 Å². The topological polar surface area (TPSA) is 89.9 Å². The Hall–Kier alpha value is -1.30. The third-order valence-electron chi connectivity index (χ3n) is 4.87. The van der Waals surface area contributed by atoms with Crippen LogP contribution in [0.1, 0.15) is 53.9 Å². The van der Waals surface area contributed by atoms with Gasteiger partial charge in [-0.3, -0.25) is 4.79 Å². The Morgan fingerprint density at radius 2 is 1.71 bits per heavy atom. The van der Waals surface area contributed by atoms with Gasteiger partial charge < -0.3 is 20.4 Å². The molecule has 0 aliphatic carbocycles. The SMILES string of the molecule is CC1(O)CCCN(C(=O)NC(C)(C)C(C)(C)C(=O)O)CC1. The van der Waals surface area contributed by atoms with Crippen LogP contribution >= 0.6 is 0 Å². The number of aliphatic carboxylic acids is 1. The first-order valence-electron chi connectivity index (χ1n) is 7.42. The fourth-order valence-corrected chi connectivity index (χ4v) is 2.24. The highest BCUT2D eigenvalue weighted by atomic mass is 16.4. The second-order valence-corrected chi connectivity index (χ2v) is 7.32. The van der Waals surface area contributed by atoms with Gasteiger partial charge in [0.1, 0.15) is 0 Å². The molecule has 2 amide bonds. The maximum atomic E-state index is 12.4. The van der Waals surface area contributed by atoms with E-state index in [1.54, 1.807) is 39.5 Å². The molecule has 0 aromatic rings. The number of urea groups is 1. The largest absolute Gasteiger partial charge is 0.481 e. The number of hydrogen-bond donors (Lipinski definition) is 3. The molecule has 6 heteroatoms. The predicted molar refractivity (Wildman–Crippen MR) is 80.1 cm³/mol. The van der Waals surface area contributed by atoms with Gasteiger partial charge in [-0.1, -0.05) is 0 Å². The summed E-state index contributed by atoms with van der Waals surface area (Å²) in [5, 5.41) is 22.2. The summed E-state index contributed by atoms with van der Waals surface area (Å²) in [6, 6.07) is -0.271. The van der Waals surface area contributed by atoms with Crippen LogP contribution < -0.4 is 5.32 Å². The summed E-state index contributed by atoms with van der Waals surface area (Å²) in [5.41, 5.74) is -2.70. The zero-order valence-electron chi connectivity index (χ0n) is 13.7. The van der Waals surface area contributed by atoms with E-state index in [1.165, 1.54) is 0 Å². The molecule has 1 rings (SSSR count). The van der Waals surface area contributed by atoms with Crippen LogP contribution in [0.3, 0.4) is 0 Å². The van der Waals surface area contributed by atoms with Gasteiger partial charge in [0.15, 0.2) is 0 Å². The molecule has 0 aromatic carbocycles. The molecule has 1 aliphatic rings. The van der Waals surface area contributed by atoms with Crippen molar-refractivity contribution in [2.24, 2.45) is 5.41 Å². The number of nitrogens with one attached hydrogen (secondary N) is 1. The Bertz CT molecular complexity index is 416. The minimum atomic E-state index is -1.08. The van der Waals surface area contributed by atoms with Crippen LogP contribution in [0, 0.1) is 5.41 Å². The second kappa shape index (κ2) is 5.83. The van der Waals surface area contributed by atoms with Crippen molar-refractivity contribution >= 4 is 12.0 Å². The highest BCUT2D eigenvalue weighted by Crippen LogP contribution is 2.31. The van der Waals surface area contributed by atoms with Crippen molar-refractivity contribution < 1.29 is 19.8 Å². The third kappa shape index (κ3) is 4.09. The van der Waals surface area contributed by atoms with Crippen molar-refractivity contribution in [1.82, 2.24) is 10.2 Å². The summed E-state index contributed by atoms with van der Waals surface area (Å²) >= 11 is 0. The number of carboxylic acid groups (broad SMARTS) is 1. The Labute approximate surface area is 126 Å². The quantitative estimate of drug-likeness (QED) is 0.741. The molecule has 0 spiro atoms. The molecule has 1 saturated heterocycles. The van der Waals surface area contributed by atoms with Gasteiger partial charge in [-0.05, 0) is 53.9 Å². The number of carbonyl (C=O) groups excluding carboxylic acids is 1. The Morgan fingerprint density at radius 1 is 1.14 bits per heavy atom. The highest BCUT2D eigenvalue weighted by molar-refractivity contribution is 5.79. The van der Waals surface area contributed by atoms with E-state index in [-0.39, 0.29) is 6.03 Å². The van der Waals surface area contributed by atoms with E-state index in [0.717, 1.165) is 6.42 Å². The van der Waals surface area contributed by atoms with Gasteiger partial charge in [0.2, 0.25) is 0 Å². The van der Waals surface area contributed by atoms with Crippen LogP contribution in [0.25, 0.3) is 0 Å². The van der Waals surface area contributed by atoms with Crippen molar-refractivity contribution in [3.05, 3.63) is 0 Å². The van der Waals surface area contributed by atoms with E-state index >= 15 is 0 Å². The predicted octanol–water partition coefficient (Wildman–Crippen LogP) is 1.82. The molecule has 3 N–H and O–H groups in total. The van der Waals surface area contributed by atoms with Crippen molar-refractivity contribution in [3.8, 4) is 0 Å². The number of likely N-dealkylation sites (tertiary alicyclic amines) is 1. The maximum Gasteiger partial charge on any atom is 0.317 e.